The van der Waals surface area contributed by atoms with E-state index in [0.29, 0.717) is 0 Å². The first-order valence-corrected chi connectivity index (χ1v) is 6.15. The molecule has 1 aromatic rings. The molecule has 2 unspecified atom stereocenters. The average Bonchev–Trinajstić information content (AvgIpc) is 2.36. The molecule has 0 radical (unpaired) electrons. The minimum absolute atomic E-state index is 0.117. The van der Waals surface area contributed by atoms with Crippen LogP contribution in [-0.4, -0.2) is 29.6 Å². The van der Waals surface area contributed by atoms with Crippen molar-refractivity contribution in [3.8, 4) is 5.75 Å². The highest BCUT2D eigenvalue weighted by Crippen LogP contribution is 2.24. The molecule has 0 spiro atoms. The number of carbonyl (C=O) groups excluding carboxylic acids is 1. The molecule has 0 amide bonds. The molecule has 21 heavy (non-hydrogen) atoms. The summed E-state index contributed by atoms with van der Waals surface area (Å²) in [5.74, 6) is -1.47. The Balaban J connectivity index is 2.76. The molecular formula is C13H17FN2O5. The van der Waals surface area contributed by atoms with Crippen molar-refractivity contribution in [1.29, 1.82) is 0 Å². The van der Waals surface area contributed by atoms with Crippen LogP contribution in [0.5, 0.6) is 5.75 Å². The zero-order valence-electron chi connectivity index (χ0n) is 12.0. The second-order valence-corrected chi connectivity index (χ2v) is 4.91. The van der Waals surface area contributed by atoms with E-state index < -0.39 is 34.0 Å². The Bertz CT molecular complexity index is 547. The number of nitrogens with zero attached hydrogens (tertiary/aromatic N) is 1. The van der Waals surface area contributed by atoms with E-state index in [9.17, 15) is 19.3 Å². The summed E-state index contributed by atoms with van der Waals surface area (Å²) in [5, 5.41) is 10.5. The molecule has 0 saturated carbocycles. The van der Waals surface area contributed by atoms with Gasteiger partial charge in [-0.3, -0.25) is 14.9 Å². The molecule has 0 saturated heterocycles. The Morgan fingerprint density at radius 3 is 2.67 bits per heavy atom. The fraction of sp³-hybridized carbons (Fsp3) is 0.462. The lowest BCUT2D eigenvalue weighted by molar-refractivity contribution is -0.387. The van der Waals surface area contributed by atoms with Crippen LogP contribution in [0.2, 0.25) is 0 Å². The van der Waals surface area contributed by atoms with Gasteiger partial charge in [0, 0.05) is 18.6 Å². The summed E-state index contributed by atoms with van der Waals surface area (Å²) in [7, 11) is 1.23. The maximum absolute atomic E-state index is 13.5. The Morgan fingerprint density at radius 2 is 2.19 bits per heavy atom. The van der Waals surface area contributed by atoms with E-state index in [4.69, 9.17) is 10.5 Å². The number of benzene rings is 1. The second-order valence-electron chi connectivity index (χ2n) is 4.91. The van der Waals surface area contributed by atoms with Crippen LogP contribution in [0, 0.1) is 15.9 Å². The summed E-state index contributed by atoms with van der Waals surface area (Å²) < 4.78 is 23.4. The van der Waals surface area contributed by atoms with E-state index in [2.05, 4.69) is 4.74 Å². The molecular weight excluding hydrogens is 283 g/mol. The molecule has 8 heteroatoms. The first-order chi connectivity index (χ1) is 9.67. The SMILES string of the molecule is COC(=O)C(C)(N)CC(C)Oc1ccc([N+](=O)[O-])c(F)c1. The zero-order valence-corrected chi connectivity index (χ0v) is 12.0. The average molecular weight is 300 g/mol. The van der Waals surface area contributed by atoms with Gasteiger partial charge in [0.05, 0.1) is 18.1 Å². The smallest absolute Gasteiger partial charge is 0.325 e. The quantitative estimate of drug-likeness (QED) is 0.488. The fourth-order valence-electron chi connectivity index (χ4n) is 1.90. The summed E-state index contributed by atoms with van der Waals surface area (Å²) in [4.78, 5) is 21.1. The van der Waals surface area contributed by atoms with Gasteiger partial charge in [-0.15, -0.1) is 0 Å². The molecule has 0 aliphatic carbocycles. The van der Waals surface area contributed by atoms with Gasteiger partial charge in [-0.25, -0.2) is 0 Å². The monoisotopic (exact) mass is 300 g/mol. The Labute approximate surface area is 121 Å². The number of nitro groups is 1. The summed E-state index contributed by atoms with van der Waals surface area (Å²) in [6.45, 7) is 3.14. The van der Waals surface area contributed by atoms with Crippen LogP contribution in [0.25, 0.3) is 0 Å². The highest BCUT2D eigenvalue weighted by atomic mass is 19.1. The first-order valence-electron chi connectivity index (χ1n) is 6.15. The Kier molecular flexibility index (Phi) is 5.20. The number of hydrogen-bond acceptors (Lipinski definition) is 6. The lowest BCUT2D eigenvalue weighted by Crippen LogP contribution is -2.48. The molecule has 2 atom stereocenters. The molecule has 7 nitrogen and oxygen atoms in total. The van der Waals surface area contributed by atoms with Gasteiger partial charge in [-0.1, -0.05) is 0 Å². The molecule has 1 aromatic carbocycles. The van der Waals surface area contributed by atoms with Crippen molar-refractivity contribution in [3.05, 3.63) is 34.1 Å². The van der Waals surface area contributed by atoms with Crippen molar-refractivity contribution in [3.63, 3.8) is 0 Å². The number of methoxy groups -OCH3 is 1. The third-order valence-corrected chi connectivity index (χ3v) is 2.82. The van der Waals surface area contributed by atoms with Gasteiger partial charge in [0.25, 0.3) is 0 Å². The molecule has 0 bridgehead atoms. The summed E-state index contributed by atoms with van der Waals surface area (Å²) in [6.07, 6.45) is -0.377. The van der Waals surface area contributed by atoms with Crippen LogP contribution in [0.3, 0.4) is 0 Å². The van der Waals surface area contributed by atoms with Crippen LogP contribution in [-0.2, 0) is 9.53 Å². The molecule has 2 N–H and O–H groups in total. The normalized spacial score (nSPS) is 14.9. The van der Waals surface area contributed by atoms with Crippen LogP contribution < -0.4 is 10.5 Å². The number of rotatable bonds is 6. The maximum Gasteiger partial charge on any atom is 0.325 e. The molecule has 1 rings (SSSR count). The van der Waals surface area contributed by atoms with E-state index >= 15 is 0 Å². The van der Waals surface area contributed by atoms with Gasteiger partial charge in [0.2, 0.25) is 5.82 Å². The summed E-state index contributed by atoms with van der Waals surface area (Å²) in [6, 6.07) is 3.21. The minimum atomic E-state index is -1.24. The number of carbonyl (C=O) groups is 1. The van der Waals surface area contributed by atoms with Gasteiger partial charge in [-0.05, 0) is 19.9 Å². The largest absolute Gasteiger partial charge is 0.491 e. The van der Waals surface area contributed by atoms with Crippen LogP contribution >= 0.6 is 0 Å². The lowest BCUT2D eigenvalue weighted by atomic mass is 9.96. The fourth-order valence-corrected chi connectivity index (χ4v) is 1.90. The van der Waals surface area contributed by atoms with Crippen molar-refractivity contribution >= 4 is 11.7 Å². The van der Waals surface area contributed by atoms with Gasteiger partial charge >= 0.3 is 11.7 Å². The van der Waals surface area contributed by atoms with Crippen molar-refractivity contribution in [1.82, 2.24) is 0 Å². The zero-order chi connectivity index (χ0) is 16.2. The number of esters is 1. The molecule has 0 heterocycles. The van der Waals surface area contributed by atoms with E-state index in [-0.39, 0.29) is 12.2 Å². The predicted molar refractivity (Wildman–Crippen MR) is 72.4 cm³/mol. The van der Waals surface area contributed by atoms with Crippen LogP contribution in [0.15, 0.2) is 18.2 Å². The van der Waals surface area contributed by atoms with Crippen LogP contribution in [0.1, 0.15) is 20.3 Å². The standard InChI is InChI=1S/C13H17FN2O5/c1-8(7-13(2,15)12(17)20-3)21-9-4-5-11(16(18)19)10(14)6-9/h4-6,8H,7,15H2,1-3H3. The van der Waals surface area contributed by atoms with Gasteiger partial charge in [-0.2, -0.15) is 4.39 Å². The number of nitrogens with two attached hydrogens (primary N) is 1. The molecule has 0 fully saturated rings. The highest BCUT2D eigenvalue weighted by molar-refractivity contribution is 5.79. The lowest BCUT2D eigenvalue weighted by Gasteiger charge is -2.25. The first kappa shape index (κ1) is 16.8. The third kappa shape index (κ3) is 4.38. The van der Waals surface area contributed by atoms with E-state index in [1.54, 1.807) is 6.92 Å². The predicted octanol–water partition coefficient (Wildman–Crippen LogP) is 1.78. The number of hydrogen-bond donors (Lipinski definition) is 1. The molecule has 0 aromatic heterocycles. The maximum atomic E-state index is 13.5. The topological polar surface area (TPSA) is 105 Å². The van der Waals surface area contributed by atoms with Crippen LogP contribution in [0.4, 0.5) is 10.1 Å². The second kappa shape index (κ2) is 6.49. The van der Waals surface area contributed by atoms with Crippen molar-refractivity contribution < 1.29 is 23.6 Å². The van der Waals surface area contributed by atoms with E-state index in [1.807, 2.05) is 0 Å². The molecule has 0 aliphatic rings. The highest BCUT2D eigenvalue weighted by Gasteiger charge is 2.32. The molecule has 0 aliphatic heterocycles. The van der Waals surface area contributed by atoms with Crippen molar-refractivity contribution in [2.45, 2.75) is 31.9 Å². The summed E-state index contributed by atoms with van der Waals surface area (Å²) >= 11 is 0. The van der Waals surface area contributed by atoms with E-state index in [0.717, 1.165) is 12.1 Å². The van der Waals surface area contributed by atoms with E-state index in [1.165, 1.54) is 20.1 Å². The Hall–Kier alpha value is -2.22. The Morgan fingerprint density at radius 1 is 1.57 bits per heavy atom. The van der Waals surface area contributed by atoms with Crippen molar-refractivity contribution in [2.24, 2.45) is 5.73 Å². The molecule has 116 valence electrons. The number of nitro benzene ring substituents is 1. The van der Waals surface area contributed by atoms with Gasteiger partial charge in [0.1, 0.15) is 11.3 Å². The van der Waals surface area contributed by atoms with Gasteiger partial charge in [0.15, 0.2) is 0 Å². The number of halogens is 1. The van der Waals surface area contributed by atoms with Crippen molar-refractivity contribution in [2.75, 3.05) is 7.11 Å². The minimum Gasteiger partial charge on any atom is -0.491 e. The number of ether oxygens (including phenoxy) is 2. The third-order valence-electron chi connectivity index (χ3n) is 2.82. The van der Waals surface area contributed by atoms with Gasteiger partial charge < -0.3 is 15.2 Å². The summed E-state index contributed by atoms with van der Waals surface area (Å²) in [5.41, 5.74) is 3.93.